The van der Waals surface area contributed by atoms with Crippen molar-refractivity contribution in [2.45, 2.75) is 12.5 Å². The van der Waals surface area contributed by atoms with Crippen LogP contribution in [0, 0.1) is 0 Å². The fourth-order valence-corrected chi connectivity index (χ4v) is 1.48. The maximum atomic E-state index is 11.7. The molecule has 2 amide bonds. The van der Waals surface area contributed by atoms with Gasteiger partial charge in [-0.15, -0.1) is 0 Å². The van der Waals surface area contributed by atoms with Gasteiger partial charge in [0.25, 0.3) is 5.91 Å². The van der Waals surface area contributed by atoms with Gasteiger partial charge in [0.15, 0.2) is 0 Å². The van der Waals surface area contributed by atoms with E-state index in [0.29, 0.717) is 5.69 Å². The maximum absolute atomic E-state index is 11.7. The summed E-state index contributed by atoms with van der Waals surface area (Å²) in [6.07, 6.45) is -0.217. The second-order valence-electron chi connectivity index (χ2n) is 3.76. The second kappa shape index (κ2) is 6.73. The van der Waals surface area contributed by atoms with Crippen molar-refractivity contribution in [2.75, 3.05) is 19.0 Å². The van der Waals surface area contributed by atoms with Crippen LogP contribution >= 0.6 is 0 Å². The monoisotopic (exact) mass is 251 g/mol. The van der Waals surface area contributed by atoms with E-state index in [-0.39, 0.29) is 30.5 Å². The van der Waals surface area contributed by atoms with Crippen molar-refractivity contribution in [2.24, 2.45) is 11.5 Å². The minimum atomic E-state index is -0.590. The highest BCUT2D eigenvalue weighted by molar-refractivity contribution is 6.03. The lowest BCUT2D eigenvalue weighted by Crippen LogP contribution is -2.28. The van der Waals surface area contributed by atoms with Crippen LogP contribution in [0.3, 0.4) is 0 Å². The minimum absolute atomic E-state index is 0.125. The maximum Gasteiger partial charge on any atom is 0.250 e. The van der Waals surface area contributed by atoms with Crippen molar-refractivity contribution in [3.8, 4) is 0 Å². The quantitative estimate of drug-likeness (QED) is 0.665. The number of hydrogen-bond donors (Lipinski definition) is 3. The Labute approximate surface area is 105 Å². The molecule has 0 aromatic heterocycles. The highest BCUT2D eigenvalue weighted by Crippen LogP contribution is 2.14. The Morgan fingerprint density at radius 3 is 2.61 bits per heavy atom. The first-order chi connectivity index (χ1) is 8.58. The SMILES string of the molecule is COC(CN)CC(=O)Nc1ccccc1C(N)=O. The molecule has 1 atom stereocenters. The van der Waals surface area contributed by atoms with Gasteiger partial charge in [-0.25, -0.2) is 0 Å². The van der Waals surface area contributed by atoms with Crippen LogP contribution in [-0.4, -0.2) is 31.6 Å². The standard InChI is InChI=1S/C12H17N3O3/c1-18-8(7-13)6-11(16)15-10-5-3-2-4-9(10)12(14)17/h2-5,8H,6-7,13H2,1H3,(H2,14,17)(H,15,16). The van der Waals surface area contributed by atoms with Gasteiger partial charge in [-0.3, -0.25) is 9.59 Å². The van der Waals surface area contributed by atoms with E-state index >= 15 is 0 Å². The molecule has 0 aliphatic carbocycles. The van der Waals surface area contributed by atoms with E-state index in [1.807, 2.05) is 0 Å². The normalized spacial score (nSPS) is 11.9. The fourth-order valence-electron chi connectivity index (χ4n) is 1.48. The number of rotatable bonds is 6. The average Bonchev–Trinajstić information content (AvgIpc) is 2.36. The zero-order chi connectivity index (χ0) is 13.5. The van der Waals surface area contributed by atoms with Crippen molar-refractivity contribution in [1.29, 1.82) is 0 Å². The smallest absolute Gasteiger partial charge is 0.250 e. The zero-order valence-electron chi connectivity index (χ0n) is 10.2. The molecule has 1 aromatic carbocycles. The highest BCUT2D eigenvalue weighted by atomic mass is 16.5. The number of amides is 2. The number of carbonyl (C=O) groups is 2. The molecule has 0 saturated heterocycles. The van der Waals surface area contributed by atoms with Crippen LogP contribution in [0.15, 0.2) is 24.3 Å². The molecule has 0 spiro atoms. The summed E-state index contributed by atoms with van der Waals surface area (Å²) in [6.45, 7) is 0.251. The molecule has 0 fully saturated rings. The number of benzene rings is 1. The molecule has 98 valence electrons. The molecule has 0 aliphatic heterocycles. The number of primary amides is 1. The van der Waals surface area contributed by atoms with Gasteiger partial charge in [-0.05, 0) is 12.1 Å². The Morgan fingerprint density at radius 1 is 1.39 bits per heavy atom. The molecule has 18 heavy (non-hydrogen) atoms. The summed E-state index contributed by atoms with van der Waals surface area (Å²) in [5.74, 6) is -0.867. The number of hydrogen-bond acceptors (Lipinski definition) is 4. The number of nitrogens with two attached hydrogens (primary N) is 2. The fraction of sp³-hybridized carbons (Fsp3) is 0.333. The molecule has 0 radical (unpaired) electrons. The zero-order valence-corrected chi connectivity index (χ0v) is 10.2. The van der Waals surface area contributed by atoms with Crippen LogP contribution < -0.4 is 16.8 Å². The van der Waals surface area contributed by atoms with Crippen molar-refractivity contribution in [1.82, 2.24) is 0 Å². The van der Waals surface area contributed by atoms with Crippen molar-refractivity contribution in [3.63, 3.8) is 0 Å². The molecular weight excluding hydrogens is 234 g/mol. The molecule has 5 N–H and O–H groups in total. The van der Waals surface area contributed by atoms with E-state index < -0.39 is 5.91 Å². The number of anilines is 1. The van der Waals surface area contributed by atoms with Crippen molar-refractivity contribution >= 4 is 17.5 Å². The average molecular weight is 251 g/mol. The number of nitrogens with one attached hydrogen (secondary N) is 1. The van der Waals surface area contributed by atoms with Crippen LogP contribution in [0.5, 0.6) is 0 Å². The Kier molecular flexibility index (Phi) is 5.29. The molecular formula is C12H17N3O3. The lowest BCUT2D eigenvalue weighted by molar-refractivity contribution is -0.118. The van der Waals surface area contributed by atoms with Gasteiger partial charge < -0.3 is 21.5 Å². The van der Waals surface area contributed by atoms with Crippen molar-refractivity contribution < 1.29 is 14.3 Å². The van der Waals surface area contributed by atoms with E-state index in [1.165, 1.54) is 7.11 Å². The minimum Gasteiger partial charge on any atom is -0.380 e. The number of carbonyl (C=O) groups excluding carboxylic acids is 2. The molecule has 1 rings (SSSR count). The number of ether oxygens (including phenoxy) is 1. The molecule has 0 heterocycles. The summed E-state index contributed by atoms with van der Waals surface area (Å²) < 4.78 is 5.01. The lowest BCUT2D eigenvalue weighted by Gasteiger charge is -2.13. The van der Waals surface area contributed by atoms with Crippen molar-refractivity contribution in [3.05, 3.63) is 29.8 Å². The lowest BCUT2D eigenvalue weighted by atomic mass is 10.1. The largest absolute Gasteiger partial charge is 0.380 e. The highest BCUT2D eigenvalue weighted by Gasteiger charge is 2.14. The van der Waals surface area contributed by atoms with E-state index in [2.05, 4.69) is 5.32 Å². The summed E-state index contributed by atoms with van der Waals surface area (Å²) in [6, 6.07) is 6.54. The van der Waals surface area contributed by atoms with E-state index in [0.717, 1.165) is 0 Å². The summed E-state index contributed by atoms with van der Waals surface area (Å²) in [4.78, 5) is 22.9. The van der Waals surface area contributed by atoms with E-state index in [1.54, 1.807) is 24.3 Å². The van der Waals surface area contributed by atoms with E-state index in [9.17, 15) is 9.59 Å². The summed E-state index contributed by atoms with van der Waals surface area (Å²) >= 11 is 0. The topological polar surface area (TPSA) is 107 Å². The van der Waals surface area contributed by atoms with Crippen LogP contribution in [0.4, 0.5) is 5.69 Å². The Balaban J connectivity index is 2.73. The van der Waals surface area contributed by atoms with Crippen LogP contribution in [0.25, 0.3) is 0 Å². The molecule has 1 unspecified atom stereocenters. The van der Waals surface area contributed by atoms with Crippen LogP contribution in [-0.2, 0) is 9.53 Å². The summed E-state index contributed by atoms with van der Waals surface area (Å²) in [7, 11) is 1.49. The van der Waals surface area contributed by atoms with E-state index in [4.69, 9.17) is 16.2 Å². The Hall–Kier alpha value is -1.92. The van der Waals surface area contributed by atoms with Gasteiger partial charge in [0, 0.05) is 13.7 Å². The first kappa shape index (κ1) is 14.1. The number of methoxy groups -OCH3 is 1. The molecule has 0 saturated carbocycles. The third kappa shape index (κ3) is 3.83. The van der Waals surface area contributed by atoms with Gasteiger partial charge in [0.05, 0.1) is 23.8 Å². The third-order valence-corrected chi connectivity index (χ3v) is 2.48. The Bertz CT molecular complexity index is 430. The predicted molar refractivity (Wildman–Crippen MR) is 68.1 cm³/mol. The van der Waals surface area contributed by atoms with Crippen LogP contribution in [0.2, 0.25) is 0 Å². The van der Waals surface area contributed by atoms with Gasteiger partial charge >= 0.3 is 0 Å². The molecule has 0 bridgehead atoms. The second-order valence-corrected chi connectivity index (χ2v) is 3.76. The van der Waals surface area contributed by atoms with Gasteiger partial charge in [-0.2, -0.15) is 0 Å². The van der Waals surface area contributed by atoms with Gasteiger partial charge in [-0.1, -0.05) is 12.1 Å². The molecule has 6 nitrogen and oxygen atoms in total. The molecule has 0 aliphatic rings. The van der Waals surface area contributed by atoms with Crippen LogP contribution in [0.1, 0.15) is 16.8 Å². The third-order valence-electron chi connectivity index (χ3n) is 2.48. The summed E-state index contributed by atoms with van der Waals surface area (Å²) in [5.41, 5.74) is 11.3. The Morgan fingerprint density at radius 2 is 2.06 bits per heavy atom. The first-order valence-electron chi connectivity index (χ1n) is 5.50. The first-order valence-corrected chi connectivity index (χ1v) is 5.50. The predicted octanol–water partition coefficient (Wildman–Crippen LogP) is 0.0878. The van der Waals surface area contributed by atoms with Gasteiger partial charge in [0.1, 0.15) is 0 Å². The summed E-state index contributed by atoms with van der Waals surface area (Å²) in [5, 5.41) is 2.62. The molecule has 1 aromatic rings. The molecule has 6 heteroatoms. The van der Waals surface area contributed by atoms with Gasteiger partial charge in [0.2, 0.25) is 5.91 Å². The number of para-hydroxylation sites is 1.